The lowest BCUT2D eigenvalue weighted by Crippen LogP contribution is -2.51. The third-order valence-electron chi connectivity index (χ3n) is 5.91. The number of amides is 3. The Hall–Kier alpha value is -1.52. The van der Waals surface area contributed by atoms with Crippen LogP contribution in [0.4, 0.5) is 4.79 Å². The number of hydrogen-bond acceptors (Lipinski definition) is 2. The maximum Gasteiger partial charge on any atom is 0.315 e. The molecule has 0 aromatic rings. The number of nitrogens with one attached hydrogen (secondary N) is 2. The molecule has 0 bridgehead atoms. The van der Waals surface area contributed by atoms with Crippen LogP contribution >= 0.6 is 0 Å². The molecule has 1 aliphatic heterocycles. The Labute approximate surface area is 151 Å². The van der Waals surface area contributed by atoms with Crippen LogP contribution in [0.3, 0.4) is 0 Å². The summed E-state index contributed by atoms with van der Waals surface area (Å²) in [5, 5.41) is 6.22. The summed E-state index contributed by atoms with van der Waals surface area (Å²) >= 11 is 0. The lowest BCUT2D eigenvalue weighted by molar-refractivity contribution is -0.127. The quantitative estimate of drug-likeness (QED) is 0.768. The van der Waals surface area contributed by atoms with Crippen molar-refractivity contribution in [1.82, 2.24) is 15.5 Å². The molecular weight excluding hydrogens is 314 g/mol. The summed E-state index contributed by atoms with van der Waals surface area (Å²) in [5.41, 5.74) is 1.32. The van der Waals surface area contributed by atoms with Crippen molar-refractivity contribution in [1.29, 1.82) is 0 Å². The first-order valence-corrected chi connectivity index (χ1v) is 10.3. The molecule has 140 valence electrons. The lowest BCUT2D eigenvalue weighted by atomic mass is 9.94. The third kappa shape index (κ3) is 5.75. The normalized spacial score (nSPS) is 23.2. The number of carbonyl (C=O) groups is 2. The van der Waals surface area contributed by atoms with Crippen molar-refractivity contribution < 1.29 is 9.59 Å². The second kappa shape index (κ2) is 9.25. The van der Waals surface area contributed by atoms with Gasteiger partial charge in [-0.15, -0.1) is 0 Å². The summed E-state index contributed by atoms with van der Waals surface area (Å²) in [7, 11) is 0. The van der Waals surface area contributed by atoms with Crippen molar-refractivity contribution in [3.05, 3.63) is 11.6 Å². The number of urea groups is 1. The predicted octanol–water partition coefficient (Wildman–Crippen LogP) is 3.50. The molecule has 1 saturated heterocycles. The SMILES string of the molecule is O=C(NC1CCCCC1)NC1CCN(C(=O)C=C2CCCCC2)CC1. The minimum atomic E-state index is -0.0269. The smallest absolute Gasteiger partial charge is 0.315 e. The summed E-state index contributed by atoms with van der Waals surface area (Å²) in [4.78, 5) is 26.5. The van der Waals surface area contributed by atoms with E-state index in [4.69, 9.17) is 0 Å². The Morgan fingerprint density at radius 2 is 1.36 bits per heavy atom. The molecule has 3 aliphatic rings. The summed E-state index contributed by atoms with van der Waals surface area (Å²) in [6.07, 6.45) is 15.5. The molecule has 0 aromatic heterocycles. The van der Waals surface area contributed by atoms with Gasteiger partial charge in [-0.1, -0.05) is 31.3 Å². The number of hydrogen-bond donors (Lipinski definition) is 2. The molecule has 2 aliphatic carbocycles. The minimum Gasteiger partial charge on any atom is -0.339 e. The molecular formula is C20H33N3O2. The topological polar surface area (TPSA) is 61.4 Å². The van der Waals surface area contributed by atoms with Crippen LogP contribution in [0.15, 0.2) is 11.6 Å². The van der Waals surface area contributed by atoms with Crippen molar-refractivity contribution in [2.45, 2.75) is 89.1 Å². The lowest BCUT2D eigenvalue weighted by Gasteiger charge is -2.32. The maximum atomic E-state index is 12.4. The van der Waals surface area contributed by atoms with Gasteiger partial charge in [0.1, 0.15) is 0 Å². The van der Waals surface area contributed by atoms with Gasteiger partial charge in [0, 0.05) is 31.2 Å². The fourth-order valence-corrected chi connectivity index (χ4v) is 4.32. The van der Waals surface area contributed by atoms with Crippen LogP contribution in [0.5, 0.6) is 0 Å². The molecule has 3 amide bonds. The first kappa shape index (κ1) is 18.3. The van der Waals surface area contributed by atoms with Gasteiger partial charge in [-0.25, -0.2) is 4.79 Å². The molecule has 0 atom stereocenters. The van der Waals surface area contributed by atoms with E-state index in [1.165, 1.54) is 44.1 Å². The first-order valence-electron chi connectivity index (χ1n) is 10.3. The molecule has 2 saturated carbocycles. The van der Waals surface area contributed by atoms with E-state index in [0.29, 0.717) is 6.04 Å². The zero-order chi connectivity index (χ0) is 17.5. The summed E-state index contributed by atoms with van der Waals surface area (Å²) in [6, 6.07) is 0.508. The van der Waals surface area contributed by atoms with Gasteiger partial charge in [0.05, 0.1) is 0 Å². The van der Waals surface area contributed by atoms with E-state index in [-0.39, 0.29) is 18.0 Å². The van der Waals surface area contributed by atoms with Crippen LogP contribution in [0, 0.1) is 0 Å². The Kier molecular flexibility index (Phi) is 6.76. The molecule has 0 aromatic carbocycles. The van der Waals surface area contributed by atoms with Crippen LogP contribution in [0.25, 0.3) is 0 Å². The Morgan fingerprint density at radius 1 is 0.800 bits per heavy atom. The number of piperidine rings is 1. The van der Waals surface area contributed by atoms with E-state index < -0.39 is 0 Å². The van der Waals surface area contributed by atoms with E-state index in [0.717, 1.165) is 51.6 Å². The molecule has 0 radical (unpaired) electrons. The van der Waals surface area contributed by atoms with Gasteiger partial charge in [-0.2, -0.15) is 0 Å². The molecule has 2 N–H and O–H groups in total. The summed E-state index contributed by atoms with van der Waals surface area (Å²) in [5.74, 6) is 0.169. The highest BCUT2D eigenvalue weighted by molar-refractivity contribution is 5.88. The largest absolute Gasteiger partial charge is 0.339 e. The zero-order valence-electron chi connectivity index (χ0n) is 15.4. The molecule has 5 heteroatoms. The molecule has 25 heavy (non-hydrogen) atoms. The van der Waals surface area contributed by atoms with E-state index in [9.17, 15) is 9.59 Å². The van der Waals surface area contributed by atoms with E-state index in [2.05, 4.69) is 10.6 Å². The molecule has 3 fully saturated rings. The van der Waals surface area contributed by atoms with Crippen molar-refractivity contribution in [2.24, 2.45) is 0 Å². The average molecular weight is 348 g/mol. The van der Waals surface area contributed by atoms with Crippen molar-refractivity contribution in [2.75, 3.05) is 13.1 Å². The number of rotatable bonds is 3. The maximum absolute atomic E-state index is 12.4. The van der Waals surface area contributed by atoms with E-state index in [1.807, 2.05) is 11.0 Å². The number of likely N-dealkylation sites (tertiary alicyclic amines) is 1. The highest BCUT2D eigenvalue weighted by Crippen LogP contribution is 2.23. The standard InChI is InChI=1S/C20H33N3O2/c24-19(15-16-7-3-1-4-8-16)23-13-11-18(12-14-23)22-20(25)21-17-9-5-2-6-10-17/h15,17-18H,1-14H2,(H2,21,22,25). The monoisotopic (exact) mass is 347 g/mol. The fourth-order valence-electron chi connectivity index (χ4n) is 4.32. The van der Waals surface area contributed by atoms with Crippen LogP contribution < -0.4 is 10.6 Å². The van der Waals surface area contributed by atoms with Crippen LogP contribution in [-0.2, 0) is 4.79 Å². The summed E-state index contributed by atoms with van der Waals surface area (Å²) < 4.78 is 0. The van der Waals surface area contributed by atoms with Crippen LogP contribution in [0.1, 0.15) is 77.0 Å². The van der Waals surface area contributed by atoms with Crippen molar-refractivity contribution in [3.63, 3.8) is 0 Å². The second-order valence-electron chi connectivity index (χ2n) is 7.92. The van der Waals surface area contributed by atoms with Gasteiger partial charge in [0.25, 0.3) is 0 Å². The average Bonchev–Trinajstić information content (AvgIpc) is 2.64. The third-order valence-corrected chi connectivity index (χ3v) is 5.91. The van der Waals surface area contributed by atoms with Crippen molar-refractivity contribution in [3.8, 4) is 0 Å². The second-order valence-corrected chi connectivity index (χ2v) is 7.92. The molecule has 5 nitrogen and oxygen atoms in total. The Morgan fingerprint density at radius 3 is 2.00 bits per heavy atom. The Balaban J connectivity index is 1.37. The number of allylic oxidation sites excluding steroid dienone is 1. The molecule has 0 unspecified atom stereocenters. The molecule has 3 rings (SSSR count). The van der Waals surface area contributed by atoms with Gasteiger partial charge < -0.3 is 15.5 Å². The first-order chi connectivity index (χ1) is 12.2. The Bertz CT molecular complexity index is 481. The highest BCUT2D eigenvalue weighted by atomic mass is 16.2. The summed E-state index contributed by atoms with van der Waals surface area (Å²) in [6.45, 7) is 1.49. The van der Waals surface area contributed by atoms with Crippen molar-refractivity contribution >= 4 is 11.9 Å². The van der Waals surface area contributed by atoms with Gasteiger partial charge in [0.2, 0.25) is 5.91 Å². The highest BCUT2D eigenvalue weighted by Gasteiger charge is 2.24. The molecule has 1 heterocycles. The van der Waals surface area contributed by atoms with Gasteiger partial charge in [0.15, 0.2) is 0 Å². The minimum absolute atomic E-state index is 0.0269. The predicted molar refractivity (Wildman–Crippen MR) is 99.3 cm³/mol. The zero-order valence-corrected chi connectivity index (χ0v) is 15.4. The van der Waals surface area contributed by atoms with Gasteiger partial charge >= 0.3 is 6.03 Å². The van der Waals surface area contributed by atoms with Gasteiger partial charge in [-0.3, -0.25) is 4.79 Å². The molecule has 0 spiro atoms. The number of nitrogens with zero attached hydrogens (tertiary/aromatic N) is 1. The van der Waals surface area contributed by atoms with Crippen LogP contribution in [0.2, 0.25) is 0 Å². The fraction of sp³-hybridized carbons (Fsp3) is 0.800. The van der Waals surface area contributed by atoms with E-state index in [1.54, 1.807) is 0 Å². The van der Waals surface area contributed by atoms with Crippen LogP contribution in [-0.4, -0.2) is 42.0 Å². The van der Waals surface area contributed by atoms with Gasteiger partial charge in [-0.05, 0) is 51.4 Å². The number of carbonyl (C=O) groups excluding carboxylic acids is 2. The van der Waals surface area contributed by atoms with E-state index >= 15 is 0 Å².